The second kappa shape index (κ2) is 11.5. The van der Waals surface area contributed by atoms with E-state index in [1.807, 2.05) is 42.5 Å². The van der Waals surface area contributed by atoms with Gasteiger partial charge in [0.05, 0.1) is 7.11 Å². The average molecular weight is 303 g/mol. The van der Waals surface area contributed by atoms with Crippen LogP contribution in [0.15, 0.2) is 36.4 Å². The normalized spacial score (nSPS) is 10.6. The third-order valence-corrected chi connectivity index (χ3v) is 3.26. The molecule has 120 valence electrons. The van der Waals surface area contributed by atoms with Crippen LogP contribution in [-0.4, -0.2) is 25.5 Å². The molecule has 4 heteroatoms. The third kappa shape index (κ3) is 8.95. The molecule has 0 heterocycles. The predicted octanol–water partition coefficient (Wildman–Crippen LogP) is 3.33. The fraction of sp³-hybridized carbons (Fsp3) is 0.444. The monoisotopic (exact) mass is 303 g/mol. The summed E-state index contributed by atoms with van der Waals surface area (Å²) in [6, 6.07) is 10.0. The van der Waals surface area contributed by atoms with E-state index in [0.29, 0.717) is 19.4 Å². The SMILES string of the molecule is COC(=O)CCCCCNC(=O)CC/C=C/c1ccccc1. The average Bonchev–Trinajstić information content (AvgIpc) is 2.55. The fourth-order valence-corrected chi connectivity index (χ4v) is 1.99. The quantitative estimate of drug-likeness (QED) is 0.533. The number of nitrogens with one attached hydrogen (secondary N) is 1. The lowest BCUT2D eigenvalue weighted by molar-refractivity contribution is -0.140. The fourth-order valence-electron chi connectivity index (χ4n) is 1.99. The number of amides is 1. The second-order valence-corrected chi connectivity index (χ2v) is 5.09. The highest BCUT2D eigenvalue weighted by molar-refractivity contribution is 5.76. The summed E-state index contributed by atoms with van der Waals surface area (Å²) in [4.78, 5) is 22.5. The zero-order valence-corrected chi connectivity index (χ0v) is 13.2. The topological polar surface area (TPSA) is 55.4 Å². The van der Waals surface area contributed by atoms with Crippen molar-refractivity contribution >= 4 is 18.0 Å². The number of rotatable bonds is 10. The molecule has 1 rings (SSSR count). The summed E-state index contributed by atoms with van der Waals surface area (Å²) in [5.41, 5.74) is 1.15. The standard InChI is InChI=1S/C18H25NO3/c1-22-18(21)14-6-3-9-15-19-17(20)13-8-7-12-16-10-4-2-5-11-16/h2,4-5,7,10-12H,3,6,8-9,13-15H2,1H3,(H,19,20)/b12-7+. The highest BCUT2D eigenvalue weighted by Gasteiger charge is 2.01. The number of methoxy groups -OCH3 is 1. The Bertz CT molecular complexity index is 468. The van der Waals surface area contributed by atoms with Gasteiger partial charge in [0.15, 0.2) is 0 Å². The van der Waals surface area contributed by atoms with Crippen molar-refractivity contribution in [3.8, 4) is 0 Å². The Hall–Kier alpha value is -2.10. The summed E-state index contributed by atoms with van der Waals surface area (Å²) in [6.07, 6.45) is 8.36. The molecule has 0 aliphatic rings. The Morgan fingerprint density at radius 2 is 1.86 bits per heavy atom. The molecule has 0 bridgehead atoms. The van der Waals surface area contributed by atoms with Crippen LogP contribution in [0.3, 0.4) is 0 Å². The number of esters is 1. The molecule has 1 N–H and O–H groups in total. The van der Waals surface area contributed by atoms with Crippen LogP contribution < -0.4 is 5.32 Å². The van der Waals surface area contributed by atoms with Gasteiger partial charge in [0.2, 0.25) is 5.91 Å². The van der Waals surface area contributed by atoms with E-state index < -0.39 is 0 Å². The minimum atomic E-state index is -0.172. The van der Waals surface area contributed by atoms with Crippen LogP contribution in [0, 0.1) is 0 Å². The van der Waals surface area contributed by atoms with Gasteiger partial charge in [0, 0.05) is 19.4 Å². The van der Waals surface area contributed by atoms with Crippen molar-refractivity contribution in [3.05, 3.63) is 42.0 Å². The molecular weight excluding hydrogens is 278 g/mol. The zero-order valence-electron chi connectivity index (χ0n) is 13.2. The molecule has 0 saturated heterocycles. The molecular formula is C18H25NO3. The Morgan fingerprint density at radius 1 is 1.09 bits per heavy atom. The summed E-state index contributed by atoms with van der Waals surface area (Å²) < 4.78 is 4.57. The first-order chi connectivity index (χ1) is 10.7. The number of hydrogen-bond donors (Lipinski definition) is 1. The maximum absolute atomic E-state index is 11.6. The van der Waals surface area contributed by atoms with Gasteiger partial charge in [-0.3, -0.25) is 9.59 Å². The van der Waals surface area contributed by atoms with Crippen molar-refractivity contribution in [1.82, 2.24) is 5.32 Å². The van der Waals surface area contributed by atoms with Crippen LogP contribution in [0.1, 0.15) is 44.1 Å². The molecule has 1 aromatic rings. The highest BCUT2D eigenvalue weighted by Crippen LogP contribution is 2.03. The Morgan fingerprint density at radius 3 is 2.59 bits per heavy atom. The number of unbranched alkanes of at least 4 members (excludes halogenated alkanes) is 2. The first-order valence-corrected chi connectivity index (χ1v) is 7.77. The summed E-state index contributed by atoms with van der Waals surface area (Å²) in [7, 11) is 1.40. The largest absolute Gasteiger partial charge is 0.469 e. The van der Waals surface area contributed by atoms with E-state index in [-0.39, 0.29) is 11.9 Å². The molecule has 4 nitrogen and oxygen atoms in total. The van der Waals surface area contributed by atoms with Gasteiger partial charge >= 0.3 is 5.97 Å². The molecule has 1 aromatic carbocycles. The van der Waals surface area contributed by atoms with Gasteiger partial charge in [-0.05, 0) is 24.8 Å². The lowest BCUT2D eigenvalue weighted by Crippen LogP contribution is -2.23. The van der Waals surface area contributed by atoms with Crippen molar-refractivity contribution in [3.63, 3.8) is 0 Å². The van der Waals surface area contributed by atoms with E-state index in [0.717, 1.165) is 31.2 Å². The maximum atomic E-state index is 11.6. The highest BCUT2D eigenvalue weighted by atomic mass is 16.5. The van der Waals surface area contributed by atoms with Crippen molar-refractivity contribution in [1.29, 1.82) is 0 Å². The van der Waals surface area contributed by atoms with Gasteiger partial charge in [-0.2, -0.15) is 0 Å². The van der Waals surface area contributed by atoms with Gasteiger partial charge in [0.25, 0.3) is 0 Å². The molecule has 1 amide bonds. The molecule has 0 spiro atoms. The third-order valence-electron chi connectivity index (χ3n) is 3.26. The second-order valence-electron chi connectivity index (χ2n) is 5.09. The zero-order chi connectivity index (χ0) is 16.0. The minimum absolute atomic E-state index is 0.0747. The van der Waals surface area contributed by atoms with Crippen molar-refractivity contribution in [2.24, 2.45) is 0 Å². The van der Waals surface area contributed by atoms with Crippen molar-refractivity contribution in [2.75, 3.05) is 13.7 Å². The number of carbonyl (C=O) groups excluding carboxylic acids is 2. The molecule has 0 unspecified atom stereocenters. The maximum Gasteiger partial charge on any atom is 0.305 e. The first-order valence-electron chi connectivity index (χ1n) is 7.77. The van der Waals surface area contributed by atoms with Gasteiger partial charge in [-0.1, -0.05) is 48.9 Å². The lowest BCUT2D eigenvalue weighted by Gasteiger charge is -2.04. The van der Waals surface area contributed by atoms with Crippen LogP contribution >= 0.6 is 0 Å². The number of benzene rings is 1. The lowest BCUT2D eigenvalue weighted by atomic mass is 10.2. The van der Waals surface area contributed by atoms with Crippen molar-refractivity contribution < 1.29 is 14.3 Å². The Balaban J connectivity index is 2.00. The smallest absolute Gasteiger partial charge is 0.305 e. The van der Waals surface area contributed by atoms with Crippen LogP contribution in [-0.2, 0) is 14.3 Å². The molecule has 22 heavy (non-hydrogen) atoms. The molecule has 0 atom stereocenters. The minimum Gasteiger partial charge on any atom is -0.469 e. The van der Waals surface area contributed by atoms with E-state index in [1.54, 1.807) is 0 Å². The van der Waals surface area contributed by atoms with Gasteiger partial charge < -0.3 is 10.1 Å². The van der Waals surface area contributed by atoms with Gasteiger partial charge in [0.1, 0.15) is 0 Å². The first kappa shape index (κ1) is 18.0. The molecule has 0 aromatic heterocycles. The van der Waals surface area contributed by atoms with E-state index in [1.165, 1.54) is 7.11 Å². The van der Waals surface area contributed by atoms with Gasteiger partial charge in [-0.25, -0.2) is 0 Å². The Labute approximate surface area is 132 Å². The van der Waals surface area contributed by atoms with E-state index in [2.05, 4.69) is 10.1 Å². The number of carbonyl (C=O) groups is 2. The van der Waals surface area contributed by atoms with E-state index in [9.17, 15) is 9.59 Å². The summed E-state index contributed by atoms with van der Waals surface area (Å²) in [5, 5.41) is 2.89. The summed E-state index contributed by atoms with van der Waals surface area (Å²) >= 11 is 0. The molecule has 0 saturated carbocycles. The van der Waals surface area contributed by atoms with Crippen LogP contribution in [0.25, 0.3) is 6.08 Å². The van der Waals surface area contributed by atoms with Gasteiger partial charge in [-0.15, -0.1) is 0 Å². The summed E-state index contributed by atoms with van der Waals surface area (Å²) in [6.45, 7) is 0.669. The van der Waals surface area contributed by atoms with Crippen LogP contribution in [0.4, 0.5) is 0 Å². The molecule has 0 aliphatic heterocycles. The summed E-state index contributed by atoms with van der Waals surface area (Å²) in [5.74, 6) is -0.0973. The number of ether oxygens (including phenoxy) is 1. The predicted molar refractivity (Wildman–Crippen MR) is 88.2 cm³/mol. The van der Waals surface area contributed by atoms with Crippen LogP contribution in [0.2, 0.25) is 0 Å². The van der Waals surface area contributed by atoms with E-state index in [4.69, 9.17) is 0 Å². The Kier molecular flexibility index (Phi) is 9.42. The van der Waals surface area contributed by atoms with Crippen molar-refractivity contribution in [2.45, 2.75) is 38.5 Å². The molecule has 0 radical (unpaired) electrons. The molecule has 0 aliphatic carbocycles. The van der Waals surface area contributed by atoms with E-state index >= 15 is 0 Å². The number of allylic oxidation sites excluding steroid dienone is 1. The van der Waals surface area contributed by atoms with Crippen LogP contribution in [0.5, 0.6) is 0 Å². The molecule has 0 fully saturated rings. The number of hydrogen-bond acceptors (Lipinski definition) is 3.